The molecule has 100 valence electrons. The van der Waals surface area contributed by atoms with E-state index in [4.69, 9.17) is 10.5 Å². The van der Waals surface area contributed by atoms with Crippen molar-refractivity contribution in [1.29, 1.82) is 0 Å². The van der Waals surface area contributed by atoms with Crippen molar-refractivity contribution in [1.82, 2.24) is 5.32 Å². The number of aliphatic hydroxyl groups excluding tert-OH is 1. The fourth-order valence-electron chi connectivity index (χ4n) is 1.44. The average Bonchev–Trinajstić information content (AvgIpc) is 2.29. The lowest BCUT2D eigenvalue weighted by molar-refractivity contribution is 0.0587. The Balaban J connectivity index is 2.45. The van der Waals surface area contributed by atoms with Crippen molar-refractivity contribution in [3.63, 3.8) is 0 Å². The number of nitrogen functional groups attached to an aromatic ring is 1. The Morgan fingerprint density at radius 3 is 2.94 bits per heavy atom. The number of ether oxygens (including phenoxy) is 1. The number of carbonyl (C=O) groups excluding carboxylic acids is 1. The van der Waals surface area contributed by atoms with Gasteiger partial charge < -0.3 is 20.9 Å². The highest BCUT2D eigenvalue weighted by Crippen LogP contribution is 2.11. The van der Waals surface area contributed by atoms with Gasteiger partial charge in [0.2, 0.25) is 0 Å². The normalized spacial score (nSPS) is 12.2. The number of rotatable bonds is 6. The second-order valence-electron chi connectivity index (χ2n) is 3.89. The van der Waals surface area contributed by atoms with Crippen LogP contribution in [-0.4, -0.2) is 37.4 Å². The van der Waals surface area contributed by atoms with Crippen molar-refractivity contribution < 1.29 is 19.0 Å². The Morgan fingerprint density at radius 2 is 2.33 bits per heavy atom. The molecule has 0 saturated carbocycles. The first-order chi connectivity index (χ1) is 8.54. The SMILES string of the molecule is COCC(O)CCNC(=O)c1ccc(N)cc1F. The van der Waals surface area contributed by atoms with Gasteiger partial charge in [0, 0.05) is 19.3 Å². The molecule has 0 saturated heterocycles. The van der Waals surface area contributed by atoms with Crippen LogP contribution in [0.4, 0.5) is 10.1 Å². The lowest BCUT2D eigenvalue weighted by Gasteiger charge is -2.10. The Kier molecular flexibility index (Phi) is 5.54. The molecule has 0 fully saturated rings. The molecule has 1 aromatic carbocycles. The first kappa shape index (κ1) is 14.4. The number of benzene rings is 1. The molecule has 0 spiro atoms. The molecule has 0 radical (unpaired) electrons. The average molecular weight is 256 g/mol. The van der Waals surface area contributed by atoms with E-state index in [2.05, 4.69) is 5.32 Å². The standard InChI is InChI=1S/C12H17FN2O3/c1-18-7-9(16)4-5-15-12(17)10-3-2-8(14)6-11(10)13/h2-3,6,9,16H,4-5,7,14H2,1H3,(H,15,17). The Hall–Kier alpha value is -1.66. The maximum Gasteiger partial charge on any atom is 0.254 e. The quantitative estimate of drug-likeness (QED) is 0.648. The van der Waals surface area contributed by atoms with E-state index in [1.54, 1.807) is 0 Å². The van der Waals surface area contributed by atoms with Crippen LogP contribution in [0.3, 0.4) is 0 Å². The largest absolute Gasteiger partial charge is 0.399 e. The second kappa shape index (κ2) is 6.93. The van der Waals surface area contributed by atoms with Gasteiger partial charge in [-0.25, -0.2) is 4.39 Å². The monoisotopic (exact) mass is 256 g/mol. The molecule has 0 aliphatic carbocycles. The highest BCUT2D eigenvalue weighted by Gasteiger charge is 2.12. The van der Waals surface area contributed by atoms with Crippen LogP contribution in [0.15, 0.2) is 18.2 Å². The van der Waals surface area contributed by atoms with E-state index in [1.165, 1.54) is 19.2 Å². The van der Waals surface area contributed by atoms with Gasteiger partial charge in [0.15, 0.2) is 0 Å². The van der Waals surface area contributed by atoms with Gasteiger partial charge in [-0.2, -0.15) is 0 Å². The summed E-state index contributed by atoms with van der Waals surface area (Å²) < 4.78 is 18.1. The number of anilines is 1. The Morgan fingerprint density at radius 1 is 1.61 bits per heavy atom. The summed E-state index contributed by atoms with van der Waals surface area (Å²) in [6, 6.07) is 3.87. The van der Waals surface area contributed by atoms with E-state index < -0.39 is 17.8 Å². The number of hydrogen-bond acceptors (Lipinski definition) is 4. The third-order valence-electron chi connectivity index (χ3n) is 2.36. The summed E-state index contributed by atoms with van der Waals surface area (Å²) in [5.74, 6) is -1.19. The van der Waals surface area contributed by atoms with Crippen molar-refractivity contribution in [3.8, 4) is 0 Å². The minimum Gasteiger partial charge on any atom is -0.399 e. The van der Waals surface area contributed by atoms with Crippen LogP contribution in [0.1, 0.15) is 16.8 Å². The summed E-state index contributed by atoms with van der Waals surface area (Å²) in [6.07, 6.45) is -0.303. The van der Waals surface area contributed by atoms with Gasteiger partial charge in [-0.3, -0.25) is 4.79 Å². The molecule has 5 nitrogen and oxygen atoms in total. The summed E-state index contributed by atoms with van der Waals surface area (Å²) >= 11 is 0. The van der Waals surface area contributed by atoms with Gasteiger partial charge in [0.05, 0.1) is 18.3 Å². The van der Waals surface area contributed by atoms with Gasteiger partial charge in [0.25, 0.3) is 5.91 Å². The molecule has 0 aromatic heterocycles. The summed E-state index contributed by atoms with van der Waals surface area (Å²) in [6.45, 7) is 0.444. The predicted octanol–water partition coefficient (Wildman–Crippen LogP) is 0.535. The van der Waals surface area contributed by atoms with E-state index in [0.717, 1.165) is 6.07 Å². The van der Waals surface area contributed by atoms with Crippen molar-refractivity contribution in [2.45, 2.75) is 12.5 Å². The Bertz CT molecular complexity index is 412. The Labute approximate surface area is 105 Å². The highest BCUT2D eigenvalue weighted by atomic mass is 19.1. The number of nitrogens with two attached hydrogens (primary N) is 1. The van der Waals surface area contributed by atoms with E-state index in [9.17, 15) is 14.3 Å². The molecule has 1 aromatic rings. The molecular weight excluding hydrogens is 239 g/mol. The summed E-state index contributed by atoms with van der Waals surface area (Å²) in [5, 5.41) is 11.9. The first-order valence-corrected chi connectivity index (χ1v) is 5.54. The molecule has 1 unspecified atom stereocenters. The number of amides is 1. The smallest absolute Gasteiger partial charge is 0.254 e. The van der Waals surface area contributed by atoms with Crippen LogP contribution >= 0.6 is 0 Å². The summed E-state index contributed by atoms with van der Waals surface area (Å²) in [7, 11) is 1.48. The fourth-order valence-corrected chi connectivity index (χ4v) is 1.44. The number of aliphatic hydroxyl groups is 1. The molecule has 1 rings (SSSR count). The van der Waals surface area contributed by atoms with E-state index >= 15 is 0 Å². The van der Waals surface area contributed by atoms with Crippen molar-refractivity contribution >= 4 is 11.6 Å². The minimum atomic E-state index is -0.662. The number of halogens is 1. The maximum absolute atomic E-state index is 13.4. The zero-order valence-corrected chi connectivity index (χ0v) is 10.1. The minimum absolute atomic E-state index is 0.0644. The molecule has 0 aliphatic rings. The number of nitrogens with one attached hydrogen (secondary N) is 1. The first-order valence-electron chi connectivity index (χ1n) is 5.54. The van der Waals surface area contributed by atoms with Gasteiger partial charge in [0.1, 0.15) is 5.82 Å². The molecule has 1 amide bonds. The summed E-state index contributed by atoms with van der Waals surface area (Å²) in [4.78, 5) is 11.6. The predicted molar refractivity (Wildman–Crippen MR) is 65.6 cm³/mol. The molecule has 4 N–H and O–H groups in total. The molecule has 0 bridgehead atoms. The van der Waals surface area contributed by atoms with E-state index in [-0.39, 0.29) is 24.4 Å². The number of carbonyl (C=O) groups is 1. The van der Waals surface area contributed by atoms with Crippen LogP contribution in [0.2, 0.25) is 0 Å². The number of hydrogen-bond donors (Lipinski definition) is 3. The molecule has 0 aliphatic heterocycles. The van der Waals surface area contributed by atoms with Crippen LogP contribution in [0.5, 0.6) is 0 Å². The molecule has 18 heavy (non-hydrogen) atoms. The third-order valence-corrected chi connectivity index (χ3v) is 2.36. The van der Waals surface area contributed by atoms with Gasteiger partial charge in [-0.1, -0.05) is 0 Å². The van der Waals surface area contributed by atoms with Crippen molar-refractivity contribution in [3.05, 3.63) is 29.6 Å². The van der Waals surface area contributed by atoms with Gasteiger partial charge in [-0.15, -0.1) is 0 Å². The van der Waals surface area contributed by atoms with Crippen LogP contribution in [0, 0.1) is 5.82 Å². The highest BCUT2D eigenvalue weighted by molar-refractivity contribution is 5.94. The zero-order valence-electron chi connectivity index (χ0n) is 10.1. The lowest BCUT2D eigenvalue weighted by Crippen LogP contribution is -2.29. The van der Waals surface area contributed by atoms with Crippen LogP contribution in [-0.2, 0) is 4.74 Å². The third kappa shape index (κ3) is 4.31. The number of methoxy groups -OCH3 is 1. The van der Waals surface area contributed by atoms with Gasteiger partial charge >= 0.3 is 0 Å². The van der Waals surface area contributed by atoms with Crippen LogP contribution < -0.4 is 11.1 Å². The molecule has 0 heterocycles. The fraction of sp³-hybridized carbons (Fsp3) is 0.417. The second-order valence-corrected chi connectivity index (χ2v) is 3.89. The van der Waals surface area contributed by atoms with Gasteiger partial charge in [-0.05, 0) is 24.6 Å². The maximum atomic E-state index is 13.4. The van der Waals surface area contributed by atoms with Crippen LogP contribution in [0.25, 0.3) is 0 Å². The zero-order chi connectivity index (χ0) is 13.5. The molecule has 6 heteroatoms. The van der Waals surface area contributed by atoms with Crippen molar-refractivity contribution in [2.75, 3.05) is 26.0 Å². The topological polar surface area (TPSA) is 84.6 Å². The van der Waals surface area contributed by atoms with E-state index in [1.807, 2.05) is 0 Å². The summed E-state index contributed by atoms with van der Waals surface area (Å²) in [5.41, 5.74) is 5.58. The molecule has 1 atom stereocenters. The van der Waals surface area contributed by atoms with Crippen molar-refractivity contribution in [2.24, 2.45) is 0 Å². The molecular formula is C12H17FN2O3. The van der Waals surface area contributed by atoms with E-state index in [0.29, 0.717) is 6.42 Å². The lowest BCUT2D eigenvalue weighted by atomic mass is 10.1.